The van der Waals surface area contributed by atoms with Crippen molar-refractivity contribution in [3.8, 4) is 0 Å². The number of amides is 1. The van der Waals surface area contributed by atoms with E-state index in [0.717, 1.165) is 11.8 Å². The average Bonchev–Trinajstić information content (AvgIpc) is 2.00. The molecule has 4 aliphatic rings. The molecule has 0 atom stereocenters. The summed E-state index contributed by atoms with van der Waals surface area (Å²) in [6.07, 6.45) is 6.43. The molecule has 1 amide bonds. The lowest BCUT2D eigenvalue weighted by atomic mass is 9.52. The number of carbonyl (C=O) groups is 1. The Labute approximate surface area is 78.9 Å². The molecular weight excluding hydrogens is 162 g/mol. The fourth-order valence-corrected chi connectivity index (χ4v) is 4.35. The number of nitrogens with one attached hydrogen (secondary N) is 1. The summed E-state index contributed by atoms with van der Waals surface area (Å²) in [6, 6.07) is 0. The smallest absolute Gasteiger partial charge is 0.242 e. The van der Waals surface area contributed by atoms with Gasteiger partial charge in [-0.15, -0.1) is 0 Å². The summed E-state index contributed by atoms with van der Waals surface area (Å²) >= 11 is 0. The number of rotatable bonds is 1. The van der Waals surface area contributed by atoms with Crippen LogP contribution >= 0.6 is 0 Å². The molecule has 2 nitrogen and oxygen atoms in total. The molecule has 0 aromatic rings. The largest absolute Gasteiger partial charge is 0.273 e. The van der Waals surface area contributed by atoms with E-state index in [2.05, 4.69) is 0 Å². The van der Waals surface area contributed by atoms with E-state index >= 15 is 0 Å². The van der Waals surface area contributed by atoms with Crippen molar-refractivity contribution in [3.63, 3.8) is 0 Å². The molecule has 1 N–H and O–H groups in total. The van der Waals surface area contributed by atoms with E-state index in [1.54, 1.807) is 0 Å². The molecule has 0 heterocycles. The molecule has 2 heteroatoms. The lowest BCUT2D eigenvalue weighted by Gasteiger charge is -2.53. The topological polar surface area (TPSA) is 40.9 Å². The second-order valence-electron chi connectivity index (χ2n) is 5.32. The standard InChI is InChI=1S/C11H16NO/c12-11(13)10-8-2-6-1-7(4-8)5-9(10)3-6/h6-10,12H,1-5H2. The van der Waals surface area contributed by atoms with Gasteiger partial charge in [-0.2, -0.15) is 0 Å². The van der Waals surface area contributed by atoms with Crippen LogP contribution in [0.5, 0.6) is 0 Å². The normalized spacial score (nSPS) is 52.5. The Bertz CT molecular complexity index is 220. The first-order valence-corrected chi connectivity index (χ1v) is 5.49. The van der Waals surface area contributed by atoms with E-state index in [1.807, 2.05) is 0 Å². The summed E-state index contributed by atoms with van der Waals surface area (Å²) in [7, 11) is 0. The average molecular weight is 178 g/mol. The maximum Gasteiger partial charge on any atom is 0.242 e. The molecule has 4 rings (SSSR count). The molecule has 4 aliphatic carbocycles. The molecule has 13 heavy (non-hydrogen) atoms. The summed E-state index contributed by atoms with van der Waals surface area (Å²) in [5.74, 6) is 2.89. The SMILES string of the molecule is [NH]C(=O)C1C2CC3CC(C2)CC1C3. The molecule has 0 aromatic carbocycles. The Morgan fingerprint density at radius 2 is 1.38 bits per heavy atom. The Kier molecular flexibility index (Phi) is 1.50. The highest BCUT2D eigenvalue weighted by molar-refractivity contribution is 5.76. The molecule has 0 aliphatic heterocycles. The Balaban J connectivity index is 1.89. The first-order chi connectivity index (χ1) is 6.24. The van der Waals surface area contributed by atoms with Crippen molar-refractivity contribution in [2.75, 3.05) is 0 Å². The maximum absolute atomic E-state index is 11.2. The van der Waals surface area contributed by atoms with Gasteiger partial charge < -0.3 is 0 Å². The molecular formula is C11H16NO. The van der Waals surface area contributed by atoms with Gasteiger partial charge in [-0.3, -0.25) is 10.5 Å². The van der Waals surface area contributed by atoms with Gasteiger partial charge in [0.25, 0.3) is 0 Å². The predicted molar refractivity (Wildman–Crippen MR) is 48.6 cm³/mol. The van der Waals surface area contributed by atoms with Crippen molar-refractivity contribution in [1.82, 2.24) is 5.73 Å². The number of carbonyl (C=O) groups excluding carboxylic acids is 1. The number of hydrogen-bond donors (Lipinski definition) is 0. The van der Waals surface area contributed by atoms with E-state index in [1.165, 1.54) is 32.1 Å². The van der Waals surface area contributed by atoms with Gasteiger partial charge in [0.15, 0.2) is 0 Å². The van der Waals surface area contributed by atoms with Crippen molar-refractivity contribution in [1.29, 1.82) is 0 Å². The second kappa shape index (κ2) is 2.49. The monoisotopic (exact) mass is 178 g/mol. The summed E-state index contributed by atoms with van der Waals surface area (Å²) < 4.78 is 0. The van der Waals surface area contributed by atoms with E-state index < -0.39 is 0 Å². The zero-order valence-electron chi connectivity index (χ0n) is 7.83. The number of hydrogen-bond acceptors (Lipinski definition) is 1. The molecule has 0 saturated heterocycles. The minimum Gasteiger partial charge on any atom is -0.273 e. The van der Waals surface area contributed by atoms with Gasteiger partial charge in [0.2, 0.25) is 5.91 Å². The van der Waals surface area contributed by atoms with Crippen LogP contribution in [0.4, 0.5) is 0 Å². The highest BCUT2D eigenvalue weighted by atomic mass is 16.1. The maximum atomic E-state index is 11.2. The zero-order valence-corrected chi connectivity index (χ0v) is 7.83. The lowest BCUT2D eigenvalue weighted by Crippen LogP contribution is -2.48. The van der Waals surface area contributed by atoms with Crippen molar-refractivity contribution in [2.45, 2.75) is 32.1 Å². The lowest BCUT2D eigenvalue weighted by molar-refractivity contribution is -0.135. The van der Waals surface area contributed by atoms with Gasteiger partial charge in [0.1, 0.15) is 0 Å². The third-order valence-electron chi connectivity index (χ3n) is 4.53. The fraction of sp³-hybridized carbons (Fsp3) is 0.909. The summed E-state index contributed by atoms with van der Waals surface area (Å²) in [4.78, 5) is 11.2. The fourth-order valence-electron chi connectivity index (χ4n) is 4.35. The van der Waals surface area contributed by atoms with Crippen LogP contribution in [0.1, 0.15) is 32.1 Å². The predicted octanol–water partition coefficient (Wildman–Crippen LogP) is 1.87. The van der Waals surface area contributed by atoms with Crippen LogP contribution in [0, 0.1) is 29.6 Å². The highest BCUT2D eigenvalue weighted by Gasteiger charge is 2.50. The van der Waals surface area contributed by atoms with Crippen LogP contribution in [0.15, 0.2) is 0 Å². The minimum atomic E-state index is -0.270. The van der Waals surface area contributed by atoms with E-state index in [0.29, 0.717) is 11.8 Å². The Hall–Kier alpha value is -0.530. The molecule has 4 bridgehead atoms. The summed E-state index contributed by atoms with van der Waals surface area (Å²) in [5, 5.41) is 0. The van der Waals surface area contributed by atoms with Gasteiger partial charge in [0, 0.05) is 5.92 Å². The highest BCUT2D eigenvalue weighted by Crippen LogP contribution is 2.56. The molecule has 0 aromatic heterocycles. The van der Waals surface area contributed by atoms with Crippen LogP contribution in [0.2, 0.25) is 0 Å². The van der Waals surface area contributed by atoms with Gasteiger partial charge in [0.05, 0.1) is 0 Å². The van der Waals surface area contributed by atoms with Gasteiger partial charge in [-0.25, -0.2) is 0 Å². The Morgan fingerprint density at radius 1 is 0.923 bits per heavy atom. The quantitative estimate of drug-likeness (QED) is 0.604. The van der Waals surface area contributed by atoms with Gasteiger partial charge in [-0.1, -0.05) is 0 Å². The van der Waals surface area contributed by atoms with Crippen LogP contribution < -0.4 is 5.73 Å². The third kappa shape index (κ3) is 1.04. The van der Waals surface area contributed by atoms with E-state index in [4.69, 9.17) is 5.73 Å². The molecule has 4 saturated carbocycles. The molecule has 0 spiro atoms. The van der Waals surface area contributed by atoms with Crippen molar-refractivity contribution in [3.05, 3.63) is 0 Å². The molecule has 0 unspecified atom stereocenters. The summed E-state index contributed by atoms with van der Waals surface area (Å²) in [6.45, 7) is 0. The minimum absolute atomic E-state index is 0.132. The molecule has 4 fully saturated rings. The third-order valence-corrected chi connectivity index (χ3v) is 4.53. The van der Waals surface area contributed by atoms with Crippen molar-refractivity contribution >= 4 is 5.91 Å². The van der Waals surface area contributed by atoms with Crippen LogP contribution in [-0.4, -0.2) is 5.91 Å². The van der Waals surface area contributed by atoms with Crippen LogP contribution in [0.3, 0.4) is 0 Å². The first kappa shape index (κ1) is 7.84. The van der Waals surface area contributed by atoms with Crippen molar-refractivity contribution < 1.29 is 4.79 Å². The van der Waals surface area contributed by atoms with E-state index in [9.17, 15) is 4.79 Å². The van der Waals surface area contributed by atoms with Crippen LogP contribution in [0.25, 0.3) is 0 Å². The van der Waals surface area contributed by atoms with Gasteiger partial charge in [-0.05, 0) is 55.8 Å². The van der Waals surface area contributed by atoms with Gasteiger partial charge >= 0.3 is 0 Å². The summed E-state index contributed by atoms with van der Waals surface area (Å²) in [5.41, 5.74) is 7.31. The molecule has 1 radical (unpaired) electrons. The zero-order chi connectivity index (χ0) is 9.00. The molecule has 71 valence electrons. The Morgan fingerprint density at radius 3 is 1.77 bits per heavy atom. The van der Waals surface area contributed by atoms with Crippen molar-refractivity contribution in [2.24, 2.45) is 29.6 Å². The first-order valence-electron chi connectivity index (χ1n) is 5.49. The van der Waals surface area contributed by atoms with E-state index in [-0.39, 0.29) is 11.8 Å². The second-order valence-corrected chi connectivity index (χ2v) is 5.32. The van der Waals surface area contributed by atoms with Crippen LogP contribution in [-0.2, 0) is 4.79 Å².